The molecule has 0 N–H and O–H groups in total. The van der Waals surface area contributed by atoms with Crippen LogP contribution in [0.5, 0.6) is 0 Å². The van der Waals surface area contributed by atoms with Gasteiger partial charge in [0.1, 0.15) is 0 Å². The van der Waals surface area contributed by atoms with Crippen LogP contribution in [0, 0.1) is 0 Å². The molecule has 0 unspecified atom stereocenters. The monoisotopic (exact) mass is 346 g/mol. The largest absolute Gasteiger partial charge is 0.224 e. The average Bonchev–Trinajstić information content (AvgIpc) is 2.35. The molecular formula is C13H12BrClO2S. The Balaban J connectivity index is 2.44. The van der Waals surface area contributed by atoms with Crippen molar-refractivity contribution >= 4 is 48.1 Å². The maximum absolute atomic E-state index is 12.1. The van der Waals surface area contributed by atoms with Gasteiger partial charge < -0.3 is 0 Å². The average molecular weight is 348 g/mol. The zero-order chi connectivity index (χ0) is 13.2. The summed E-state index contributed by atoms with van der Waals surface area (Å²) in [6, 6.07) is 10.6. The van der Waals surface area contributed by atoms with Crippen molar-refractivity contribution in [3.63, 3.8) is 0 Å². The molecule has 18 heavy (non-hydrogen) atoms. The fraction of sp³-hybridized carbons (Fsp3) is 0.231. The predicted molar refractivity (Wildman–Crippen MR) is 79.4 cm³/mol. The van der Waals surface area contributed by atoms with Crippen LogP contribution in [-0.2, 0) is 9.84 Å². The van der Waals surface area contributed by atoms with Gasteiger partial charge in [-0.1, -0.05) is 39.7 Å². The lowest BCUT2D eigenvalue weighted by atomic mass is 10.1. The standard InChI is InChI=1S/C13H12BrClO2S/c14-6-1-7-18(16,17)13-5-3-10-8-12(15)4-2-11(10)9-13/h2-5,8-9H,1,6-7H2. The Morgan fingerprint density at radius 2 is 1.72 bits per heavy atom. The molecule has 0 bridgehead atoms. The number of hydrogen-bond acceptors (Lipinski definition) is 2. The molecule has 0 saturated heterocycles. The van der Waals surface area contributed by atoms with Crippen molar-refractivity contribution in [3.05, 3.63) is 41.4 Å². The van der Waals surface area contributed by atoms with E-state index in [1.165, 1.54) is 0 Å². The van der Waals surface area contributed by atoms with Crippen LogP contribution in [0.25, 0.3) is 10.8 Å². The van der Waals surface area contributed by atoms with E-state index in [9.17, 15) is 8.42 Å². The number of benzene rings is 2. The van der Waals surface area contributed by atoms with E-state index in [-0.39, 0.29) is 5.75 Å². The summed E-state index contributed by atoms with van der Waals surface area (Å²) in [5.41, 5.74) is 0. The summed E-state index contributed by atoms with van der Waals surface area (Å²) < 4.78 is 24.1. The third-order valence-electron chi connectivity index (χ3n) is 2.68. The van der Waals surface area contributed by atoms with Gasteiger partial charge in [0.2, 0.25) is 0 Å². The minimum Gasteiger partial charge on any atom is -0.224 e. The van der Waals surface area contributed by atoms with Crippen LogP contribution in [0.1, 0.15) is 6.42 Å². The Morgan fingerprint density at radius 3 is 2.44 bits per heavy atom. The maximum Gasteiger partial charge on any atom is 0.178 e. The summed E-state index contributed by atoms with van der Waals surface area (Å²) in [4.78, 5) is 0.373. The highest BCUT2D eigenvalue weighted by Crippen LogP contribution is 2.23. The van der Waals surface area contributed by atoms with Crippen LogP contribution in [0.3, 0.4) is 0 Å². The van der Waals surface area contributed by atoms with Crippen molar-refractivity contribution in [1.29, 1.82) is 0 Å². The molecule has 2 rings (SSSR count). The number of rotatable bonds is 4. The molecule has 0 radical (unpaired) electrons. The Morgan fingerprint density at radius 1 is 1.06 bits per heavy atom. The first kappa shape index (κ1) is 13.8. The Kier molecular flexibility index (Phi) is 4.30. The molecule has 96 valence electrons. The van der Waals surface area contributed by atoms with E-state index in [0.717, 1.165) is 10.8 Å². The molecular weight excluding hydrogens is 336 g/mol. The van der Waals surface area contributed by atoms with E-state index in [4.69, 9.17) is 11.6 Å². The van der Waals surface area contributed by atoms with Crippen LogP contribution in [0.4, 0.5) is 0 Å². The summed E-state index contributed by atoms with van der Waals surface area (Å²) in [6.45, 7) is 0. The smallest absolute Gasteiger partial charge is 0.178 e. The van der Waals surface area contributed by atoms with Crippen LogP contribution >= 0.6 is 27.5 Å². The van der Waals surface area contributed by atoms with Crippen molar-refractivity contribution in [1.82, 2.24) is 0 Å². The lowest BCUT2D eigenvalue weighted by molar-refractivity contribution is 0.595. The van der Waals surface area contributed by atoms with Crippen LogP contribution in [0.2, 0.25) is 5.02 Å². The van der Waals surface area contributed by atoms with Gasteiger partial charge in [-0.2, -0.15) is 0 Å². The quantitative estimate of drug-likeness (QED) is 0.782. The highest BCUT2D eigenvalue weighted by molar-refractivity contribution is 9.09. The van der Waals surface area contributed by atoms with E-state index in [1.54, 1.807) is 24.3 Å². The highest BCUT2D eigenvalue weighted by atomic mass is 79.9. The summed E-state index contributed by atoms with van der Waals surface area (Å²) in [7, 11) is -3.19. The molecule has 0 atom stereocenters. The lowest BCUT2D eigenvalue weighted by Crippen LogP contribution is -2.07. The number of alkyl halides is 1. The van der Waals surface area contributed by atoms with Gasteiger partial charge in [-0.25, -0.2) is 8.42 Å². The lowest BCUT2D eigenvalue weighted by Gasteiger charge is -2.05. The molecule has 2 aromatic rings. The van der Waals surface area contributed by atoms with Gasteiger partial charge in [0.25, 0.3) is 0 Å². The third-order valence-corrected chi connectivity index (χ3v) is 5.27. The van der Waals surface area contributed by atoms with E-state index in [2.05, 4.69) is 15.9 Å². The molecule has 2 nitrogen and oxygen atoms in total. The first-order valence-corrected chi connectivity index (χ1v) is 8.66. The molecule has 0 aliphatic carbocycles. The molecule has 0 aromatic heterocycles. The van der Waals surface area contributed by atoms with Gasteiger partial charge in [-0.15, -0.1) is 0 Å². The van der Waals surface area contributed by atoms with Gasteiger partial charge in [0.05, 0.1) is 10.6 Å². The van der Waals surface area contributed by atoms with Crippen LogP contribution in [0.15, 0.2) is 41.3 Å². The molecule has 0 amide bonds. The van der Waals surface area contributed by atoms with E-state index in [1.807, 2.05) is 12.1 Å². The minimum absolute atomic E-state index is 0.164. The molecule has 0 heterocycles. The van der Waals surface area contributed by atoms with Crippen molar-refractivity contribution in [2.24, 2.45) is 0 Å². The predicted octanol–water partition coefficient (Wildman–Crippen LogP) is 4.05. The topological polar surface area (TPSA) is 34.1 Å². The van der Waals surface area contributed by atoms with Gasteiger partial charge in [0, 0.05) is 10.4 Å². The Bertz CT molecular complexity index is 668. The summed E-state index contributed by atoms with van der Waals surface area (Å²) in [5.74, 6) is 0.164. The number of sulfone groups is 1. The molecule has 0 saturated carbocycles. The number of fused-ring (bicyclic) bond motifs is 1. The summed E-state index contributed by atoms with van der Waals surface area (Å²) in [6.07, 6.45) is 0.612. The van der Waals surface area contributed by atoms with E-state index >= 15 is 0 Å². The third kappa shape index (κ3) is 3.05. The zero-order valence-corrected chi connectivity index (χ0v) is 12.7. The first-order valence-electron chi connectivity index (χ1n) is 5.51. The van der Waals surface area contributed by atoms with Crippen molar-refractivity contribution in [3.8, 4) is 0 Å². The molecule has 0 aliphatic rings. The number of hydrogen-bond donors (Lipinski definition) is 0. The highest BCUT2D eigenvalue weighted by Gasteiger charge is 2.14. The van der Waals surface area contributed by atoms with Crippen LogP contribution < -0.4 is 0 Å². The van der Waals surface area contributed by atoms with Gasteiger partial charge in [0.15, 0.2) is 9.84 Å². The normalized spacial score (nSPS) is 11.9. The van der Waals surface area contributed by atoms with Gasteiger partial charge in [-0.05, 0) is 41.5 Å². The van der Waals surface area contributed by atoms with Gasteiger partial charge >= 0.3 is 0 Å². The molecule has 0 aliphatic heterocycles. The summed E-state index contributed by atoms with van der Waals surface area (Å²) >= 11 is 9.14. The minimum atomic E-state index is -3.19. The first-order chi connectivity index (χ1) is 8.53. The number of halogens is 2. The van der Waals surface area contributed by atoms with Crippen molar-refractivity contribution in [2.75, 3.05) is 11.1 Å². The summed E-state index contributed by atoms with van der Waals surface area (Å²) in [5, 5.41) is 3.17. The van der Waals surface area contributed by atoms with Crippen molar-refractivity contribution < 1.29 is 8.42 Å². The second kappa shape index (κ2) is 5.59. The van der Waals surface area contributed by atoms with Crippen molar-refractivity contribution in [2.45, 2.75) is 11.3 Å². The molecule has 2 aromatic carbocycles. The molecule has 5 heteroatoms. The Labute approximate surface area is 120 Å². The second-order valence-electron chi connectivity index (χ2n) is 4.01. The maximum atomic E-state index is 12.1. The molecule has 0 spiro atoms. The van der Waals surface area contributed by atoms with E-state index < -0.39 is 9.84 Å². The second-order valence-corrected chi connectivity index (χ2v) is 7.35. The zero-order valence-electron chi connectivity index (χ0n) is 9.57. The van der Waals surface area contributed by atoms with Crippen LogP contribution in [-0.4, -0.2) is 19.5 Å². The Hall–Kier alpha value is -0.580. The molecule has 0 fully saturated rings. The SMILES string of the molecule is O=S(=O)(CCCBr)c1ccc2cc(Cl)ccc2c1. The fourth-order valence-corrected chi connectivity index (χ4v) is 3.92. The fourth-order valence-electron chi connectivity index (χ4n) is 1.75. The van der Waals surface area contributed by atoms with Gasteiger partial charge in [-0.3, -0.25) is 0 Å². The van der Waals surface area contributed by atoms with E-state index in [0.29, 0.717) is 21.7 Å².